The van der Waals surface area contributed by atoms with E-state index < -0.39 is 0 Å². The quantitative estimate of drug-likeness (QED) is 0.731. The molecule has 0 aliphatic carbocycles. The minimum Gasteiger partial charge on any atom is -0.491 e. The molecule has 1 aromatic carbocycles. The van der Waals surface area contributed by atoms with Crippen LogP contribution in [0.4, 0.5) is 5.69 Å². The lowest BCUT2D eigenvalue weighted by molar-refractivity contribution is 0.242. The van der Waals surface area contributed by atoms with E-state index in [1.165, 1.54) is 0 Å². The van der Waals surface area contributed by atoms with Gasteiger partial charge in [0.05, 0.1) is 6.10 Å². The van der Waals surface area contributed by atoms with Crippen molar-refractivity contribution in [2.45, 2.75) is 20.0 Å². The van der Waals surface area contributed by atoms with Crippen molar-refractivity contribution < 1.29 is 4.74 Å². The van der Waals surface area contributed by atoms with Gasteiger partial charge in [-0.25, -0.2) is 0 Å². The van der Waals surface area contributed by atoms with Gasteiger partial charge < -0.3 is 10.1 Å². The largest absolute Gasteiger partial charge is 0.491 e. The van der Waals surface area contributed by atoms with Gasteiger partial charge in [0.1, 0.15) is 5.75 Å². The van der Waals surface area contributed by atoms with Crippen LogP contribution in [0.25, 0.3) is 0 Å². The summed E-state index contributed by atoms with van der Waals surface area (Å²) in [5, 5.41) is 3.25. The van der Waals surface area contributed by atoms with Crippen LogP contribution in [0.15, 0.2) is 24.3 Å². The highest BCUT2D eigenvalue weighted by Gasteiger charge is 1.98. The molecule has 78 valence electrons. The minimum atomic E-state index is 0.218. The van der Waals surface area contributed by atoms with Gasteiger partial charge in [0, 0.05) is 24.1 Å². The van der Waals surface area contributed by atoms with E-state index in [1.54, 1.807) is 0 Å². The van der Waals surface area contributed by atoms with Crippen LogP contribution < -0.4 is 10.1 Å². The molecule has 1 rings (SSSR count). The second kappa shape index (κ2) is 5.81. The Hall–Kier alpha value is -0.830. The zero-order chi connectivity index (χ0) is 10.4. The molecule has 0 amide bonds. The van der Waals surface area contributed by atoms with Crippen LogP contribution in [0.1, 0.15) is 13.8 Å². The minimum absolute atomic E-state index is 0.218. The van der Waals surface area contributed by atoms with Gasteiger partial charge in [-0.15, -0.1) is 0 Å². The molecule has 0 atom stereocenters. The monoisotopic (exact) mass is 211 g/mol. The Morgan fingerprint density at radius 1 is 1.43 bits per heavy atom. The third kappa shape index (κ3) is 3.92. The van der Waals surface area contributed by atoms with Crippen molar-refractivity contribution in [2.75, 3.05) is 17.6 Å². The van der Waals surface area contributed by atoms with E-state index in [2.05, 4.69) is 17.9 Å². The summed E-state index contributed by atoms with van der Waals surface area (Å²) in [5.41, 5.74) is 1.08. The van der Waals surface area contributed by atoms with Crippen molar-refractivity contribution in [3.05, 3.63) is 24.3 Å². The first kappa shape index (κ1) is 11.2. The van der Waals surface area contributed by atoms with Crippen molar-refractivity contribution in [3.8, 4) is 5.75 Å². The fraction of sp³-hybridized carbons (Fsp3) is 0.455. The summed E-state index contributed by atoms with van der Waals surface area (Å²) in [6.07, 6.45) is 0.218. The molecule has 0 saturated heterocycles. The second-order valence-corrected chi connectivity index (χ2v) is 3.79. The summed E-state index contributed by atoms with van der Waals surface area (Å²) in [5.74, 6) is 1.74. The predicted octanol–water partition coefficient (Wildman–Crippen LogP) is 2.82. The Morgan fingerprint density at radius 2 is 2.21 bits per heavy atom. The zero-order valence-electron chi connectivity index (χ0n) is 8.66. The highest BCUT2D eigenvalue weighted by atomic mass is 32.1. The second-order valence-electron chi connectivity index (χ2n) is 3.34. The normalized spacial score (nSPS) is 10.3. The Bertz CT molecular complexity index is 276. The van der Waals surface area contributed by atoms with E-state index in [9.17, 15) is 0 Å². The summed E-state index contributed by atoms with van der Waals surface area (Å²) in [4.78, 5) is 0. The molecule has 0 spiro atoms. The number of benzene rings is 1. The Morgan fingerprint density at radius 3 is 2.86 bits per heavy atom. The molecule has 0 bridgehead atoms. The molecular formula is C11H17NOS. The van der Waals surface area contributed by atoms with Crippen LogP contribution in [-0.2, 0) is 0 Å². The van der Waals surface area contributed by atoms with Crippen molar-refractivity contribution in [2.24, 2.45) is 0 Å². The first-order chi connectivity index (χ1) is 6.72. The fourth-order valence-corrected chi connectivity index (χ4v) is 1.26. The average molecular weight is 211 g/mol. The summed E-state index contributed by atoms with van der Waals surface area (Å²) in [6.45, 7) is 4.91. The highest BCUT2D eigenvalue weighted by molar-refractivity contribution is 7.80. The van der Waals surface area contributed by atoms with Crippen LogP contribution >= 0.6 is 12.6 Å². The maximum absolute atomic E-state index is 5.58. The molecule has 2 nitrogen and oxygen atoms in total. The van der Waals surface area contributed by atoms with Crippen molar-refractivity contribution in [1.82, 2.24) is 0 Å². The van der Waals surface area contributed by atoms with Gasteiger partial charge in [-0.3, -0.25) is 0 Å². The van der Waals surface area contributed by atoms with Gasteiger partial charge in [-0.1, -0.05) is 6.07 Å². The molecule has 0 radical (unpaired) electrons. The van der Waals surface area contributed by atoms with Crippen LogP contribution in [-0.4, -0.2) is 18.4 Å². The van der Waals surface area contributed by atoms with E-state index in [0.717, 1.165) is 23.7 Å². The molecule has 0 saturated carbocycles. The molecular weight excluding hydrogens is 194 g/mol. The molecule has 3 heteroatoms. The van der Waals surface area contributed by atoms with Gasteiger partial charge in [-0.05, 0) is 26.0 Å². The average Bonchev–Trinajstić information content (AvgIpc) is 2.14. The summed E-state index contributed by atoms with van der Waals surface area (Å²) in [6, 6.07) is 7.98. The Balaban J connectivity index is 2.59. The van der Waals surface area contributed by atoms with Crippen LogP contribution in [0, 0.1) is 0 Å². The van der Waals surface area contributed by atoms with Gasteiger partial charge >= 0.3 is 0 Å². The number of ether oxygens (including phenoxy) is 1. The number of hydrogen-bond donors (Lipinski definition) is 2. The topological polar surface area (TPSA) is 21.3 Å². The van der Waals surface area contributed by atoms with Crippen LogP contribution in [0.3, 0.4) is 0 Å². The van der Waals surface area contributed by atoms with Crippen LogP contribution in [0.5, 0.6) is 5.75 Å². The molecule has 0 fully saturated rings. The third-order valence-corrected chi connectivity index (χ3v) is 1.87. The van der Waals surface area contributed by atoms with Crippen molar-refractivity contribution >= 4 is 18.3 Å². The molecule has 1 N–H and O–H groups in total. The number of rotatable bonds is 5. The van der Waals surface area contributed by atoms with Crippen molar-refractivity contribution in [3.63, 3.8) is 0 Å². The molecule has 1 aromatic rings. The number of anilines is 1. The molecule has 0 aliphatic rings. The van der Waals surface area contributed by atoms with E-state index >= 15 is 0 Å². The van der Waals surface area contributed by atoms with Gasteiger partial charge in [0.15, 0.2) is 0 Å². The standard InChI is InChI=1S/C11H17NOS/c1-9(2)13-11-5-3-4-10(8-11)12-6-7-14/h3-5,8-9,12,14H,6-7H2,1-2H3. The van der Waals surface area contributed by atoms with Crippen molar-refractivity contribution in [1.29, 1.82) is 0 Å². The van der Waals surface area contributed by atoms with E-state index in [4.69, 9.17) is 4.74 Å². The lowest BCUT2D eigenvalue weighted by atomic mass is 10.3. The third-order valence-electron chi connectivity index (χ3n) is 1.65. The van der Waals surface area contributed by atoms with E-state index in [1.807, 2.05) is 38.1 Å². The SMILES string of the molecule is CC(C)Oc1cccc(NCCS)c1. The highest BCUT2D eigenvalue weighted by Crippen LogP contribution is 2.18. The Kier molecular flexibility index (Phi) is 4.66. The summed E-state index contributed by atoms with van der Waals surface area (Å²) >= 11 is 4.14. The number of nitrogens with one attached hydrogen (secondary N) is 1. The maximum Gasteiger partial charge on any atom is 0.121 e. The Labute approximate surface area is 91.1 Å². The number of hydrogen-bond acceptors (Lipinski definition) is 3. The summed E-state index contributed by atoms with van der Waals surface area (Å²) in [7, 11) is 0. The van der Waals surface area contributed by atoms with Gasteiger partial charge in [-0.2, -0.15) is 12.6 Å². The van der Waals surface area contributed by atoms with E-state index in [0.29, 0.717) is 0 Å². The molecule has 14 heavy (non-hydrogen) atoms. The van der Waals surface area contributed by atoms with Crippen LogP contribution in [0.2, 0.25) is 0 Å². The molecule has 0 heterocycles. The number of thiol groups is 1. The summed E-state index contributed by atoms with van der Waals surface area (Å²) < 4.78 is 5.58. The molecule has 0 unspecified atom stereocenters. The predicted molar refractivity (Wildman–Crippen MR) is 64.5 cm³/mol. The molecule has 0 aromatic heterocycles. The molecule has 0 aliphatic heterocycles. The smallest absolute Gasteiger partial charge is 0.121 e. The fourth-order valence-electron chi connectivity index (χ4n) is 1.15. The van der Waals surface area contributed by atoms with Gasteiger partial charge in [0.2, 0.25) is 0 Å². The van der Waals surface area contributed by atoms with E-state index in [-0.39, 0.29) is 6.10 Å². The first-order valence-electron chi connectivity index (χ1n) is 4.84. The lowest BCUT2D eigenvalue weighted by Gasteiger charge is -2.11. The first-order valence-corrected chi connectivity index (χ1v) is 5.47. The van der Waals surface area contributed by atoms with Gasteiger partial charge in [0.25, 0.3) is 0 Å². The zero-order valence-corrected chi connectivity index (χ0v) is 9.55. The lowest BCUT2D eigenvalue weighted by Crippen LogP contribution is -2.06. The maximum atomic E-state index is 5.58.